The molecule has 0 saturated carbocycles. The predicted octanol–water partition coefficient (Wildman–Crippen LogP) is 3.70. The number of nitrogens with one attached hydrogen (secondary N) is 1. The Bertz CT molecular complexity index is 1260. The van der Waals surface area contributed by atoms with Crippen LogP contribution in [0.15, 0.2) is 55.6 Å². The van der Waals surface area contributed by atoms with Gasteiger partial charge in [0.1, 0.15) is 5.69 Å². The van der Waals surface area contributed by atoms with Crippen LogP contribution in [0.2, 0.25) is 0 Å². The van der Waals surface area contributed by atoms with Crippen molar-refractivity contribution >= 4 is 40.1 Å². The Morgan fingerprint density at radius 2 is 2.00 bits per heavy atom. The number of nitro benzene ring substituents is 1. The topological polar surface area (TPSA) is 159 Å². The first-order chi connectivity index (χ1) is 15.5. The zero-order chi connectivity index (χ0) is 22.5. The number of nitro groups is 1. The molecule has 164 valence electrons. The van der Waals surface area contributed by atoms with E-state index >= 15 is 0 Å². The number of fused-ring (bicyclic) bond motifs is 1. The molecule has 2 heterocycles. The van der Waals surface area contributed by atoms with Gasteiger partial charge in [0.15, 0.2) is 5.52 Å². The molecule has 12 nitrogen and oxygen atoms in total. The molecule has 1 N–H and O–H groups in total. The van der Waals surface area contributed by atoms with Gasteiger partial charge < -0.3 is 14.5 Å². The van der Waals surface area contributed by atoms with E-state index in [1.54, 1.807) is 6.07 Å². The number of rotatable bonds is 9. The average molecular weight is 456 g/mol. The van der Waals surface area contributed by atoms with E-state index in [0.29, 0.717) is 23.8 Å². The van der Waals surface area contributed by atoms with Crippen LogP contribution in [0.5, 0.6) is 0 Å². The summed E-state index contributed by atoms with van der Waals surface area (Å²) in [5.41, 5.74) is 0.899. The van der Waals surface area contributed by atoms with Crippen LogP contribution in [-0.2, 0) is 9.53 Å². The summed E-state index contributed by atoms with van der Waals surface area (Å²) in [5.74, 6) is -0.0486. The summed E-state index contributed by atoms with van der Waals surface area (Å²) in [6, 6.07) is 10.8. The highest BCUT2D eigenvalue weighted by molar-refractivity contribution is 7.99. The van der Waals surface area contributed by atoms with Gasteiger partial charge in [-0.2, -0.15) is 0 Å². The lowest BCUT2D eigenvalue weighted by Crippen LogP contribution is -2.09. The van der Waals surface area contributed by atoms with Gasteiger partial charge in [-0.15, -0.1) is 10.2 Å². The number of carbonyl (C=O) groups is 1. The standard InChI is InChI=1S/C19H16N6O6S/c1-11(26)29-9-5-8-20-13-10-14(15-16(24-31-23-15)17(13)25(27)28)32-19-22-21-18(30-19)12-6-3-2-4-7-12/h2-4,6-7,10,20H,5,8-9H2,1H3. The fourth-order valence-electron chi connectivity index (χ4n) is 2.85. The maximum atomic E-state index is 11.7. The largest absolute Gasteiger partial charge is 0.466 e. The molecule has 4 aromatic rings. The van der Waals surface area contributed by atoms with Crippen molar-refractivity contribution in [3.8, 4) is 11.5 Å². The minimum atomic E-state index is -0.560. The number of nitrogens with zero attached hydrogens (tertiary/aromatic N) is 5. The maximum Gasteiger partial charge on any atom is 0.323 e. The molecule has 0 unspecified atom stereocenters. The molecule has 4 rings (SSSR count). The highest BCUT2D eigenvalue weighted by atomic mass is 32.2. The molecule has 0 fully saturated rings. The molecule has 0 bridgehead atoms. The van der Waals surface area contributed by atoms with E-state index in [2.05, 4.69) is 25.8 Å². The molecule has 0 aliphatic rings. The second-order valence-electron chi connectivity index (χ2n) is 6.45. The number of hydrogen-bond donors (Lipinski definition) is 1. The first-order valence-electron chi connectivity index (χ1n) is 9.40. The van der Waals surface area contributed by atoms with Gasteiger partial charge in [0.2, 0.25) is 11.4 Å². The molecular formula is C19H16N6O6S. The lowest BCUT2D eigenvalue weighted by atomic mass is 10.2. The van der Waals surface area contributed by atoms with Crippen LogP contribution in [0.4, 0.5) is 11.4 Å². The number of carbonyl (C=O) groups excluding carboxylic acids is 1. The number of esters is 1. The highest BCUT2D eigenvalue weighted by Crippen LogP contribution is 2.40. The van der Waals surface area contributed by atoms with Crippen molar-refractivity contribution in [3.05, 3.63) is 46.5 Å². The lowest BCUT2D eigenvalue weighted by Gasteiger charge is -2.09. The molecular weight excluding hydrogens is 440 g/mol. The molecule has 0 aliphatic carbocycles. The second kappa shape index (κ2) is 9.43. The van der Waals surface area contributed by atoms with Crippen LogP contribution in [0.1, 0.15) is 13.3 Å². The van der Waals surface area contributed by atoms with Crippen molar-refractivity contribution in [1.29, 1.82) is 0 Å². The summed E-state index contributed by atoms with van der Waals surface area (Å²) < 4.78 is 15.3. The van der Waals surface area contributed by atoms with Crippen LogP contribution in [0.3, 0.4) is 0 Å². The molecule has 2 aromatic heterocycles. The number of benzene rings is 2. The van der Waals surface area contributed by atoms with E-state index in [4.69, 9.17) is 13.8 Å². The summed E-state index contributed by atoms with van der Waals surface area (Å²) in [5, 5.41) is 30.5. The highest BCUT2D eigenvalue weighted by Gasteiger charge is 2.27. The molecule has 13 heteroatoms. The molecule has 0 amide bonds. The zero-order valence-electron chi connectivity index (χ0n) is 16.7. The summed E-state index contributed by atoms with van der Waals surface area (Å²) in [7, 11) is 0. The number of ether oxygens (including phenoxy) is 1. The fourth-order valence-corrected chi connectivity index (χ4v) is 3.65. The van der Waals surface area contributed by atoms with Gasteiger partial charge >= 0.3 is 11.7 Å². The molecule has 0 saturated heterocycles. The van der Waals surface area contributed by atoms with E-state index in [1.807, 2.05) is 30.3 Å². The van der Waals surface area contributed by atoms with E-state index < -0.39 is 4.92 Å². The van der Waals surface area contributed by atoms with Crippen molar-refractivity contribution in [2.45, 2.75) is 23.5 Å². The van der Waals surface area contributed by atoms with Gasteiger partial charge in [-0.1, -0.05) is 18.2 Å². The maximum absolute atomic E-state index is 11.7. The van der Waals surface area contributed by atoms with Crippen molar-refractivity contribution < 1.29 is 23.5 Å². The van der Waals surface area contributed by atoms with E-state index in [9.17, 15) is 14.9 Å². The van der Waals surface area contributed by atoms with Crippen LogP contribution in [0, 0.1) is 10.1 Å². The van der Waals surface area contributed by atoms with Gasteiger partial charge in [-0.25, -0.2) is 4.63 Å². The van der Waals surface area contributed by atoms with E-state index in [-0.39, 0.29) is 40.2 Å². The first-order valence-corrected chi connectivity index (χ1v) is 10.2. The molecule has 2 aromatic carbocycles. The van der Waals surface area contributed by atoms with Crippen LogP contribution >= 0.6 is 11.8 Å². The summed E-state index contributed by atoms with van der Waals surface area (Å²) in [6.07, 6.45) is 0.457. The predicted molar refractivity (Wildman–Crippen MR) is 112 cm³/mol. The molecule has 0 spiro atoms. The van der Waals surface area contributed by atoms with Crippen molar-refractivity contribution in [2.24, 2.45) is 0 Å². The fraction of sp³-hybridized carbons (Fsp3) is 0.211. The number of hydrogen-bond acceptors (Lipinski definition) is 12. The van der Waals surface area contributed by atoms with Crippen molar-refractivity contribution in [1.82, 2.24) is 20.5 Å². The summed E-state index contributed by atoms with van der Waals surface area (Å²) in [6.45, 7) is 1.83. The third kappa shape index (κ3) is 4.67. The van der Waals surface area contributed by atoms with Crippen LogP contribution in [-0.4, -0.2) is 44.6 Å². The van der Waals surface area contributed by atoms with Gasteiger partial charge in [-0.3, -0.25) is 14.9 Å². The minimum absolute atomic E-state index is 0.00900. The Balaban J connectivity index is 1.61. The van der Waals surface area contributed by atoms with Gasteiger partial charge in [0.25, 0.3) is 5.22 Å². The summed E-state index contributed by atoms with van der Waals surface area (Å²) >= 11 is 1.08. The van der Waals surface area contributed by atoms with E-state index in [0.717, 1.165) is 17.3 Å². The third-order valence-corrected chi connectivity index (χ3v) is 5.10. The zero-order valence-corrected chi connectivity index (χ0v) is 17.5. The molecule has 32 heavy (non-hydrogen) atoms. The van der Waals surface area contributed by atoms with Gasteiger partial charge in [-0.05, 0) is 46.7 Å². The second-order valence-corrected chi connectivity index (χ2v) is 7.44. The molecule has 0 aliphatic heterocycles. The number of aromatic nitrogens is 4. The van der Waals surface area contributed by atoms with Crippen molar-refractivity contribution in [2.75, 3.05) is 18.5 Å². The third-order valence-electron chi connectivity index (χ3n) is 4.23. The van der Waals surface area contributed by atoms with Gasteiger partial charge in [0.05, 0.1) is 16.4 Å². The minimum Gasteiger partial charge on any atom is -0.466 e. The smallest absolute Gasteiger partial charge is 0.323 e. The normalized spacial score (nSPS) is 10.9. The SMILES string of the molecule is CC(=O)OCCCNc1cc(Sc2nnc(-c3ccccc3)o2)c2nonc2c1[N+](=O)[O-]. The lowest BCUT2D eigenvalue weighted by molar-refractivity contribution is -0.382. The molecule has 0 atom stereocenters. The Kier molecular flexibility index (Phi) is 6.26. The van der Waals surface area contributed by atoms with Crippen LogP contribution < -0.4 is 5.32 Å². The van der Waals surface area contributed by atoms with E-state index in [1.165, 1.54) is 6.92 Å². The quantitative estimate of drug-likeness (QED) is 0.169. The Morgan fingerprint density at radius 3 is 2.75 bits per heavy atom. The Labute approximate surface area is 184 Å². The van der Waals surface area contributed by atoms with Gasteiger partial charge in [0, 0.05) is 19.0 Å². The Hall–Kier alpha value is -4.00. The van der Waals surface area contributed by atoms with Crippen molar-refractivity contribution in [3.63, 3.8) is 0 Å². The van der Waals surface area contributed by atoms with Crippen LogP contribution in [0.25, 0.3) is 22.5 Å². The average Bonchev–Trinajstić information content (AvgIpc) is 3.43. The first kappa shape index (κ1) is 21.2. The summed E-state index contributed by atoms with van der Waals surface area (Å²) in [4.78, 5) is 22.5. The number of anilines is 1. The Morgan fingerprint density at radius 1 is 1.22 bits per heavy atom. The molecule has 0 radical (unpaired) electrons. The monoisotopic (exact) mass is 456 g/mol.